The van der Waals surface area contributed by atoms with Crippen molar-refractivity contribution < 1.29 is 24.9 Å². The number of ketones is 1. The molecule has 5 nitrogen and oxygen atoms in total. The molecule has 1 rings (SSSR count). The van der Waals surface area contributed by atoms with Gasteiger partial charge in [-0.25, -0.2) is 0 Å². The maximum absolute atomic E-state index is 12.1. The minimum Gasteiger partial charge on any atom is -0.481 e. The average molecular weight is 376 g/mol. The Morgan fingerprint density at radius 1 is 1.15 bits per heavy atom. The van der Waals surface area contributed by atoms with Crippen LogP contribution in [0.2, 0.25) is 0 Å². The largest absolute Gasteiger partial charge is 0.481 e. The monoisotopic (exact) mass is 376 g/mol. The number of rotatable bonds is 12. The number of carboxylic acid groups (broad SMARTS) is 1. The second-order valence-electron chi connectivity index (χ2n) is 6.84. The fourth-order valence-corrected chi connectivity index (χ4v) is 3.10. The van der Waals surface area contributed by atoms with Crippen molar-refractivity contribution in [3.05, 3.63) is 48.6 Å². The van der Waals surface area contributed by atoms with Gasteiger partial charge in [0.05, 0.1) is 12.2 Å². The Morgan fingerprint density at radius 2 is 1.78 bits per heavy atom. The number of carbonyl (C=O) groups excluding carboxylic acids is 1. The number of carboxylic acids is 1. The van der Waals surface area contributed by atoms with Crippen LogP contribution < -0.4 is 0 Å². The minimum atomic E-state index is -0.961. The molecule has 0 aromatic heterocycles. The van der Waals surface area contributed by atoms with Crippen molar-refractivity contribution in [1.29, 1.82) is 0 Å². The van der Waals surface area contributed by atoms with Crippen molar-refractivity contribution in [2.24, 2.45) is 11.8 Å². The summed E-state index contributed by atoms with van der Waals surface area (Å²) >= 11 is 0. The third-order valence-corrected chi connectivity index (χ3v) is 4.61. The molecule has 1 saturated carbocycles. The number of hydrogen-bond donors (Lipinski definition) is 3. The highest BCUT2D eigenvalue weighted by Gasteiger charge is 2.39. The van der Waals surface area contributed by atoms with E-state index >= 15 is 0 Å². The van der Waals surface area contributed by atoms with Gasteiger partial charge in [-0.3, -0.25) is 9.59 Å². The third-order valence-electron chi connectivity index (χ3n) is 4.61. The molecule has 1 fully saturated rings. The summed E-state index contributed by atoms with van der Waals surface area (Å²) in [4.78, 5) is 22.7. The predicted molar refractivity (Wildman–Crippen MR) is 106 cm³/mol. The molecule has 0 aromatic rings. The van der Waals surface area contributed by atoms with Crippen LogP contribution in [0.4, 0.5) is 0 Å². The normalized spacial score (nSPS) is 24.9. The topological polar surface area (TPSA) is 94.8 Å². The number of Topliss-reactive ketones (excluding diaryl/α,β-unsaturated/α-hetero) is 1. The van der Waals surface area contributed by atoms with Crippen molar-refractivity contribution in [3.8, 4) is 0 Å². The average Bonchev–Trinajstić information content (AvgIpc) is 2.89. The Kier molecular flexibility index (Phi) is 11.3. The van der Waals surface area contributed by atoms with Gasteiger partial charge in [0.15, 0.2) is 0 Å². The molecule has 0 bridgehead atoms. The van der Waals surface area contributed by atoms with Crippen LogP contribution >= 0.6 is 0 Å². The van der Waals surface area contributed by atoms with Gasteiger partial charge >= 0.3 is 5.97 Å². The van der Waals surface area contributed by atoms with Crippen molar-refractivity contribution in [2.75, 3.05) is 0 Å². The summed E-state index contributed by atoms with van der Waals surface area (Å²) in [5.41, 5.74) is 0. The minimum absolute atomic E-state index is 0.0297. The number of allylic oxidation sites excluding steroid dienone is 6. The Bertz CT molecular complexity index is 573. The second kappa shape index (κ2) is 13.2. The van der Waals surface area contributed by atoms with E-state index in [1.165, 1.54) is 6.08 Å². The summed E-state index contributed by atoms with van der Waals surface area (Å²) in [5, 5.41) is 28.6. The molecule has 0 unspecified atom stereocenters. The van der Waals surface area contributed by atoms with Gasteiger partial charge in [-0.05, 0) is 32.1 Å². The number of aliphatic hydroxyl groups is 2. The molecule has 3 N–H and O–H groups in total. The molecular weight excluding hydrogens is 344 g/mol. The quantitative estimate of drug-likeness (QED) is 0.453. The van der Waals surface area contributed by atoms with Gasteiger partial charge in [-0.15, -0.1) is 0 Å². The maximum atomic E-state index is 12.1. The van der Waals surface area contributed by atoms with Crippen LogP contribution in [0.5, 0.6) is 0 Å². The molecule has 0 aromatic carbocycles. The first kappa shape index (κ1) is 23.1. The van der Waals surface area contributed by atoms with E-state index in [1.54, 1.807) is 6.08 Å². The molecular formula is C22H32O5. The molecule has 27 heavy (non-hydrogen) atoms. The first-order chi connectivity index (χ1) is 13.0. The summed E-state index contributed by atoms with van der Waals surface area (Å²) in [6.07, 6.45) is 17.4. The van der Waals surface area contributed by atoms with Crippen molar-refractivity contribution in [3.63, 3.8) is 0 Å². The summed E-state index contributed by atoms with van der Waals surface area (Å²) in [5.74, 6) is -1.56. The molecule has 0 saturated heterocycles. The Hall–Kier alpha value is -1.98. The molecule has 4 atom stereocenters. The lowest BCUT2D eigenvalue weighted by Gasteiger charge is -2.16. The first-order valence-electron chi connectivity index (χ1n) is 9.69. The van der Waals surface area contributed by atoms with Crippen LogP contribution in [0.25, 0.3) is 0 Å². The van der Waals surface area contributed by atoms with Gasteiger partial charge in [0.2, 0.25) is 0 Å². The van der Waals surface area contributed by atoms with Crippen LogP contribution in [0.1, 0.15) is 51.9 Å². The number of hydrogen-bond acceptors (Lipinski definition) is 4. The third kappa shape index (κ3) is 9.50. The van der Waals surface area contributed by atoms with Crippen LogP contribution in [-0.2, 0) is 9.59 Å². The fourth-order valence-electron chi connectivity index (χ4n) is 3.10. The van der Waals surface area contributed by atoms with Crippen LogP contribution in [0.15, 0.2) is 48.6 Å². The molecule has 0 heterocycles. The lowest BCUT2D eigenvalue weighted by Crippen LogP contribution is -2.19. The van der Waals surface area contributed by atoms with E-state index < -0.39 is 18.2 Å². The van der Waals surface area contributed by atoms with Gasteiger partial charge in [0.1, 0.15) is 5.78 Å². The van der Waals surface area contributed by atoms with Gasteiger partial charge in [0.25, 0.3) is 0 Å². The van der Waals surface area contributed by atoms with Crippen LogP contribution in [-0.4, -0.2) is 39.3 Å². The highest BCUT2D eigenvalue weighted by atomic mass is 16.4. The number of aliphatic carboxylic acids is 1. The molecule has 0 aliphatic heterocycles. The molecule has 0 amide bonds. The van der Waals surface area contributed by atoms with E-state index in [4.69, 9.17) is 5.11 Å². The van der Waals surface area contributed by atoms with E-state index in [0.29, 0.717) is 6.42 Å². The van der Waals surface area contributed by atoms with Crippen molar-refractivity contribution in [1.82, 2.24) is 0 Å². The predicted octanol–water partition coefficient (Wildman–Crippen LogP) is 3.58. The SMILES string of the molecule is CC/C=C\C/C=C\C/C=C\C[C@@H]1C(=O)C[C@@H](O)[C@@H]1/C=C/[C@H](O)CCC(=O)O. The number of aliphatic hydroxyl groups excluding tert-OH is 2. The lowest BCUT2D eigenvalue weighted by molar-refractivity contribution is -0.137. The molecule has 5 heteroatoms. The van der Waals surface area contributed by atoms with Gasteiger partial charge in [0, 0.05) is 24.7 Å². The Balaban J connectivity index is 2.48. The Labute approximate surface area is 161 Å². The molecule has 0 radical (unpaired) electrons. The van der Waals surface area contributed by atoms with E-state index in [0.717, 1.165) is 19.3 Å². The summed E-state index contributed by atoms with van der Waals surface area (Å²) < 4.78 is 0. The van der Waals surface area contributed by atoms with Crippen LogP contribution in [0, 0.1) is 11.8 Å². The van der Waals surface area contributed by atoms with E-state index in [9.17, 15) is 19.8 Å². The number of carbonyl (C=O) groups is 2. The van der Waals surface area contributed by atoms with Gasteiger partial charge < -0.3 is 15.3 Å². The molecule has 0 spiro atoms. The summed E-state index contributed by atoms with van der Waals surface area (Å²) in [6, 6.07) is 0. The zero-order valence-electron chi connectivity index (χ0n) is 16.0. The maximum Gasteiger partial charge on any atom is 0.303 e. The fraction of sp³-hybridized carbons (Fsp3) is 0.545. The standard InChI is InChI=1S/C22H32O5/c1-2-3-4-5-6-7-8-9-10-11-18-19(21(25)16-20(18)24)14-12-17(23)13-15-22(26)27/h3-4,6-7,9-10,12,14,17-19,21,23,25H,2,5,8,11,13,15-16H2,1H3,(H,26,27)/b4-3-,7-6-,10-9-,14-12+/t17-,18-,19+,21+/m0/s1. The van der Waals surface area contributed by atoms with E-state index in [1.807, 2.05) is 12.2 Å². The lowest BCUT2D eigenvalue weighted by atomic mass is 9.90. The van der Waals surface area contributed by atoms with E-state index in [-0.39, 0.29) is 36.9 Å². The summed E-state index contributed by atoms with van der Waals surface area (Å²) in [6.45, 7) is 2.10. The van der Waals surface area contributed by atoms with Gasteiger partial charge in [-0.1, -0.05) is 55.5 Å². The van der Waals surface area contributed by atoms with Crippen LogP contribution in [0.3, 0.4) is 0 Å². The van der Waals surface area contributed by atoms with Crippen molar-refractivity contribution >= 4 is 11.8 Å². The molecule has 1 aliphatic rings. The zero-order valence-corrected chi connectivity index (χ0v) is 16.0. The summed E-state index contributed by atoms with van der Waals surface area (Å²) in [7, 11) is 0. The van der Waals surface area contributed by atoms with E-state index in [2.05, 4.69) is 31.2 Å². The molecule has 150 valence electrons. The molecule has 1 aliphatic carbocycles. The Morgan fingerprint density at radius 3 is 2.41 bits per heavy atom. The van der Waals surface area contributed by atoms with Gasteiger partial charge in [-0.2, -0.15) is 0 Å². The second-order valence-corrected chi connectivity index (χ2v) is 6.84. The first-order valence-corrected chi connectivity index (χ1v) is 9.69. The highest BCUT2D eigenvalue weighted by Crippen LogP contribution is 2.33. The zero-order chi connectivity index (χ0) is 20.1. The van der Waals surface area contributed by atoms with Crippen molar-refractivity contribution in [2.45, 2.75) is 64.1 Å². The smallest absolute Gasteiger partial charge is 0.303 e. The highest BCUT2D eigenvalue weighted by molar-refractivity contribution is 5.84.